The van der Waals surface area contributed by atoms with Crippen LogP contribution in [0.25, 0.3) is 5.69 Å². The average Bonchev–Trinajstić information content (AvgIpc) is 2.73. The Morgan fingerprint density at radius 3 is 2.68 bits per heavy atom. The summed E-state index contributed by atoms with van der Waals surface area (Å²) in [7, 11) is 0. The Bertz CT molecular complexity index is 575. The molecule has 0 saturated carbocycles. The van der Waals surface area contributed by atoms with Gasteiger partial charge in [-0.3, -0.25) is 0 Å². The Labute approximate surface area is 118 Å². The van der Waals surface area contributed by atoms with E-state index in [1.165, 1.54) is 0 Å². The molecule has 2 aromatic rings. The molecule has 0 spiro atoms. The molecule has 5 heteroatoms. The molecule has 2 rings (SSSR count). The summed E-state index contributed by atoms with van der Waals surface area (Å²) >= 11 is 6.00. The minimum atomic E-state index is 0.300. The molecule has 102 valence electrons. The maximum absolute atomic E-state index is 6.00. The average molecular weight is 279 g/mol. The summed E-state index contributed by atoms with van der Waals surface area (Å²) < 4.78 is 1.90. The molecule has 0 fully saturated rings. The number of nitrogens with zero attached hydrogens (tertiary/aromatic N) is 3. The van der Waals surface area contributed by atoms with Gasteiger partial charge in [0.15, 0.2) is 5.82 Å². The zero-order valence-corrected chi connectivity index (χ0v) is 12.3. The predicted octanol–water partition coefficient (Wildman–Crippen LogP) is 2.85. The first-order chi connectivity index (χ1) is 9.02. The molecule has 2 N–H and O–H groups in total. The molecular formula is C14H19ClN4. The third kappa shape index (κ3) is 2.96. The number of aromatic nitrogens is 3. The maximum Gasteiger partial charge on any atom is 0.152 e. The lowest BCUT2D eigenvalue weighted by atomic mass is 10.1. The van der Waals surface area contributed by atoms with Gasteiger partial charge in [-0.15, -0.1) is 0 Å². The summed E-state index contributed by atoms with van der Waals surface area (Å²) in [6.45, 7) is 6.80. The van der Waals surface area contributed by atoms with Crippen LogP contribution < -0.4 is 5.73 Å². The van der Waals surface area contributed by atoms with Crippen LogP contribution in [-0.4, -0.2) is 21.3 Å². The van der Waals surface area contributed by atoms with Crippen molar-refractivity contribution in [3.05, 3.63) is 40.4 Å². The van der Waals surface area contributed by atoms with Crippen LogP contribution in [0, 0.1) is 6.92 Å². The van der Waals surface area contributed by atoms with Gasteiger partial charge in [-0.2, -0.15) is 5.10 Å². The highest BCUT2D eigenvalue weighted by atomic mass is 35.5. The van der Waals surface area contributed by atoms with Gasteiger partial charge in [0.25, 0.3) is 0 Å². The van der Waals surface area contributed by atoms with E-state index in [4.69, 9.17) is 17.3 Å². The highest BCUT2D eigenvalue weighted by Crippen LogP contribution is 2.22. The van der Waals surface area contributed by atoms with E-state index in [-0.39, 0.29) is 0 Å². The Balaban J connectivity index is 2.53. The molecule has 0 unspecified atom stereocenters. The number of nitrogens with two attached hydrogens (primary N) is 1. The van der Waals surface area contributed by atoms with Gasteiger partial charge in [-0.05, 0) is 37.2 Å². The molecule has 1 aromatic carbocycles. The van der Waals surface area contributed by atoms with Crippen molar-refractivity contribution in [1.82, 2.24) is 14.8 Å². The summed E-state index contributed by atoms with van der Waals surface area (Å²) in [6, 6.07) is 5.79. The van der Waals surface area contributed by atoms with Crippen LogP contribution in [0.4, 0.5) is 0 Å². The Hall–Kier alpha value is -1.39. The van der Waals surface area contributed by atoms with E-state index in [0.717, 1.165) is 27.9 Å². The van der Waals surface area contributed by atoms with Crippen LogP contribution >= 0.6 is 11.6 Å². The SMILES string of the molecule is Cc1cc(Cl)ccc1-n1nc(CCN)nc1C(C)C. The van der Waals surface area contributed by atoms with Crippen LogP contribution in [0.15, 0.2) is 18.2 Å². The highest BCUT2D eigenvalue weighted by molar-refractivity contribution is 6.30. The number of halogens is 1. The number of rotatable bonds is 4. The molecule has 0 radical (unpaired) electrons. The minimum absolute atomic E-state index is 0.300. The van der Waals surface area contributed by atoms with E-state index in [1.807, 2.05) is 29.8 Å². The summed E-state index contributed by atoms with van der Waals surface area (Å²) in [4.78, 5) is 4.58. The summed E-state index contributed by atoms with van der Waals surface area (Å²) in [5.74, 6) is 2.04. The number of aryl methyl sites for hydroxylation is 1. The van der Waals surface area contributed by atoms with Crippen molar-refractivity contribution < 1.29 is 0 Å². The van der Waals surface area contributed by atoms with Crippen molar-refractivity contribution in [2.24, 2.45) is 5.73 Å². The zero-order chi connectivity index (χ0) is 14.0. The van der Waals surface area contributed by atoms with Gasteiger partial charge < -0.3 is 5.73 Å². The largest absolute Gasteiger partial charge is 0.330 e. The smallest absolute Gasteiger partial charge is 0.152 e. The third-order valence-electron chi connectivity index (χ3n) is 2.95. The van der Waals surface area contributed by atoms with Crippen molar-refractivity contribution in [2.45, 2.75) is 33.1 Å². The predicted molar refractivity (Wildman–Crippen MR) is 78.0 cm³/mol. The third-order valence-corrected chi connectivity index (χ3v) is 3.18. The Kier molecular flexibility index (Phi) is 4.22. The Morgan fingerprint density at radius 1 is 1.37 bits per heavy atom. The van der Waals surface area contributed by atoms with Gasteiger partial charge >= 0.3 is 0 Å². The lowest BCUT2D eigenvalue weighted by Crippen LogP contribution is -2.07. The second kappa shape index (κ2) is 5.72. The molecule has 0 atom stereocenters. The minimum Gasteiger partial charge on any atom is -0.330 e. The quantitative estimate of drug-likeness (QED) is 0.936. The standard InChI is InChI=1S/C14H19ClN4/c1-9(2)14-17-13(6-7-16)18-19(14)12-5-4-11(15)8-10(12)3/h4-5,8-9H,6-7,16H2,1-3H3. The van der Waals surface area contributed by atoms with E-state index < -0.39 is 0 Å². The summed E-state index contributed by atoms with van der Waals surface area (Å²) in [6.07, 6.45) is 0.694. The van der Waals surface area contributed by atoms with Crippen LogP contribution in [0.3, 0.4) is 0 Å². The van der Waals surface area contributed by atoms with Gasteiger partial charge in [0.05, 0.1) is 5.69 Å². The van der Waals surface area contributed by atoms with Crippen molar-refractivity contribution >= 4 is 11.6 Å². The molecule has 0 saturated heterocycles. The van der Waals surface area contributed by atoms with Crippen molar-refractivity contribution in [3.8, 4) is 5.69 Å². The molecule has 0 amide bonds. The Morgan fingerprint density at radius 2 is 2.11 bits per heavy atom. The molecule has 0 aliphatic rings. The van der Waals surface area contributed by atoms with Gasteiger partial charge in [-0.1, -0.05) is 25.4 Å². The first kappa shape index (κ1) is 14.0. The molecule has 19 heavy (non-hydrogen) atoms. The van der Waals surface area contributed by atoms with Crippen LogP contribution in [0.1, 0.15) is 37.0 Å². The first-order valence-corrected chi connectivity index (χ1v) is 6.83. The first-order valence-electron chi connectivity index (χ1n) is 6.45. The fraction of sp³-hybridized carbons (Fsp3) is 0.429. The monoisotopic (exact) mass is 278 g/mol. The molecule has 4 nitrogen and oxygen atoms in total. The molecule has 1 aromatic heterocycles. The molecule has 0 aliphatic heterocycles. The zero-order valence-electron chi connectivity index (χ0n) is 11.5. The molecule has 0 aliphatic carbocycles. The van der Waals surface area contributed by atoms with E-state index >= 15 is 0 Å². The van der Waals surface area contributed by atoms with Gasteiger partial charge in [0, 0.05) is 17.4 Å². The van der Waals surface area contributed by atoms with Crippen molar-refractivity contribution in [3.63, 3.8) is 0 Å². The normalized spacial score (nSPS) is 11.3. The van der Waals surface area contributed by atoms with E-state index in [9.17, 15) is 0 Å². The van der Waals surface area contributed by atoms with Crippen LogP contribution in [0.5, 0.6) is 0 Å². The second-order valence-electron chi connectivity index (χ2n) is 4.92. The lowest BCUT2D eigenvalue weighted by molar-refractivity contribution is 0.710. The lowest BCUT2D eigenvalue weighted by Gasteiger charge is -2.11. The van der Waals surface area contributed by atoms with Crippen LogP contribution in [-0.2, 0) is 6.42 Å². The fourth-order valence-electron chi connectivity index (χ4n) is 2.01. The number of hydrogen-bond acceptors (Lipinski definition) is 3. The van der Waals surface area contributed by atoms with Gasteiger partial charge in [0.2, 0.25) is 0 Å². The maximum atomic E-state index is 6.00. The number of hydrogen-bond donors (Lipinski definition) is 1. The van der Waals surface area contributed by atoms with Gasteiger partial charge in [0.1, 0.15) is 5.82 Å². The van der Waals surface area contributed by atoms with E-state index in [0.29, 0.717) is 18.9 Å². The second-order valence-corrected chi connectivity index (χ2v) is 5.36. The molecule has 1 heterocycles. The summed E-state index contributed by atoms with van der Waals surface area (Å²) in [5, 5.41) is 5.30. The van der Waals surface area contributed by atoms with Crippen molar-refractivity contribution in [2.75, 3.05) is 6.54 Å². The number of benzene rings is 1. The fourth-order valence-corrected chi connectivity index (χ4v) is 2.24. The topological polar surface area (TPSA) is 56.7 Å². The van der Waals surface area contributed by atoms with Gasteiger partial charge in [-0.25, -0.2) is 9.67 Å². The van der Waals surface area contributed by atoms with E-state index in [2.05, 4.69) is 23.9 Å². The molecular weight excluding hydrogens is 260 g/mol. The van der Waals surface area contributed by atoms with Crippen molar-refractivity contribution in [1.29, 1.82) is 0 Å². The summed E-state index contributed by atoms with van der Waals surface area (Å²) in [5.41, 5.74) is 7.68. The molecule has 0 bridgehead atoms. The highest BCUT2D eigenvalue weighted by Gasteiger charge is 2.15. The van der Waals surface area contributed by atoms with Crippen LogP contribution in [0.2, 0.25) is 5.02 Å². The van der Waals surface area contributed by atoms with E-state index in [1.54, 1.807) is 0 Å².